The Morgan fingerprint density at radius 2 is 1.96 bits per heavy atom. The van der Waals surface area contributed by atoms with E-state index >= 15 is 0 Å². The predicted molar refractivity (Wildman–Crippen MR) is 93.0 cm³/mol. The highest BCUT2D eigenvalue weighted by Crippen LogP contribution is 2.29. The minimum atomic E-state index is -0.641. The molecule has 0 spiro atoms. The molecule has 1 aliphatic heterocycles. The molecule has 0 aliphatic carbocycles. The molecule has 10 nitrogen and oxygen atoms in total. The Balaban J connectivity index is 2.05. The third kappa shape index (κ3) is 3.24. The average Bonchev–Trinajstić information content (AvgIpc) is 2.78. The topological polar surface area (TPSA) is 120 Å². The summed E-state index contributed by atoms with van der Waals surface area (Å²) in [7, 11) is 3.20. The summed E-state index contributed by atoms with van der Waals surface area (Å²) < 4.78 is 13.4. The Morgan fingerprint density at radius 1 is 1.31 bits per heavy atom. The monoisotopic (exact) mass is 365 g/mol. The van der Waals surface area contributed by atoms with Gasteiger partial charge in [-0.1, -0.05) is 0 Å². The summed E-state index contributed by atoms with van der Waals surface area (Å²) in [5.74, 6) is 0.458. The zero-order valence-electron chi connectivity index (χ0n) is 15.5. The van der Waals surface area contributed by atoms with E-state index in [4.69, 9.17) is 9.47 Å². The first-order valence-electron chi connectivity index (χ1n) is 8.31. The number of rotatable bonds is 3. The maximum Gasteiger partial charge on any atom is 0.408 e. The Bertz CT molecular complexity index is 960. The first kappa shape index (κ1) is 18.2. The Hall–Kier alpha value is -2.62. The van der Waals surface area contributed by atoms with Crippen LogP contribution in [-0.2, 0) is 23.6 Å². The van der Waals surface area contributed by atoms with Gasteiger partial charge in [0.05, 0.1) is 19.3 Å². The maximum absolute atomic E-state index is 12.3. The minimum Gasteiger partial charge on any atom is -0.444 e. The van der Waals surface area contributed by atoms with Gasteiger partial charge in [-0.25, -0.2) is 14.6 Å². The molecule has 0 bridgehead atoms. The van der Waals surface area contributed by atoms with Crippen LogP contribution in [0.15, 0.2) is 9.59 Å². The van der Waals surface area contributed by atoms with Crippen LogP contribution in [-0.4, -0.2) is 44.0 Å². The molecule has 1 atom stereocenters. The molecule has 1 saturated heterocycles. The predicted octanol–water partition coefficient (Wildman–Crippen LogP) is 0.173. The number of alkyl carbamates (subject to hydrolysis) is 1. The number of imidazole rings is 1. The molecule has 3 heterocycles. The number of nitrogens with zero attached hydrogens (tertiary/aromatic N) is 3. The fraction of sp³-hybridized carbons (Fsp3) is 0.625. The number of hydrogen-bond donors (Lipinski definition) is 2. The van der Waals surface area contributed by atoms with Crippen LogP contribution in [0.4, 0.5) is 4.79 Å². The van der Waals surface area contributed by atoms with Crippen molar-refractivity contribution in [3.8, 4) is 0 Å². The second-order valence-electron chi connectivity index (χ2n) is 7.44. The SMILES string of the molecule is Cn1c(C(NC(=O)OC(C)(C)C)C2COC2)nc2c1c(=O)[nH]c(=O)n2C. The molecule has 0 radical (unpaired) electrons. The van der Waals surface area contributed by atoms with Gasteiger partial charge in [0.25, 0.3) is 5.56 Å². The van der Waals surface area contributed by atoms with E-state index in [1.165, 1.54) is 11.6 Å². The molecule has 0 aromatic carbocycles. The summed E-state index contributed by atoms with van der Waals surface area (Å²) in [6.07, 6.45) is -0.579. The van der Waals surface area contributed by atoms with Crippen molar-refractivity contribution < 1.29 is 14.3 Å². The highest BCUT2D eigenvalue weighted by Gasteiger charge is 2.35. The van der Waals surface area contributed by atoms with E-state index in [1.54, 1.807) is 32.4 Å². The van der Waals surface area contributed by atoms with Crippen LogP contribution in [0.2, 0.25) is 0 Å². The van der Waals surface area contributed by atoms with Gasteiger partial charge in [0.1, 0.15) is 11.4 Å². The zero-order chi connectivity index (χ0) is 19.2. The van der Waals surface area contributed by atoms with Crippen LogP contribution < -0.4 is 16.6 Å². The fourth-order valence-corrected chi connectivity index (χ4v) is 2.88. The van der Waals surface area contributed by atoms with Crippen LogP contribution in [0.1, 0.15) is 32.6 Å². The van der Waals surface area contributed by atoms with Gasteiger partial charge in [-0.3, -0.25) is 14.3 Å². The first-order valence-corrected chi connectivity index (χ1v) is 8.31. The van der Waals surface area contributed by atoms with Crippen molar-refractivity contribution in [1.29, 1.82) is 0 Å². The van der Waals surface area contributed by atoms with Crippen LogP contribution in [0.5, 0.6) is 0 Å². The Labute approximate surface area is 149 Å². The Kier molecular flexibility index (Phi) is 4.39. The highest BCUT2D eigenvalue weighted by atomic mass is 16.6. The van der Waals surface area contributed by atoms with E-state index in [0.29, 0.717) is 19.0 Å². The summed E-state index contributed by atoms with van der Waals surface area (Å²) in [5.41, 5.74) is -1.19. The van der Waals surface area contributed by atoms with E-state index in [2.05, 4.69) is 15.3 Å². The van der Waals surface area contributed by atoms with Crippen molar-refractivity contribution in [2.24, 2.45) is 20.0 Å². The fourth-order valence-electron chi connectivity index (χ4n) is 2.88. The van der Waals surface area contributed by atoms with Gasteiger partial charge in [0.2, 0.25) is 0 Å². The molecule has 0 saturated carbocycles. The molecule has 1 aliphatic rings. The lowest BCUT2D eigenvalue weighted by molar-refractivity contribution is -0.0531. The largest absolute Gasteiger partial charge is 0.444 e. The number of fused-ring (bicyclic) bond motifs is 1. The van der Waals surface area contributed by atoms with Gasteiger partial charge in [-0.05, 0) is 20.8 Å². The maximum atomic E-state index is 12.3. The smallest absolute Gasteiger partial charge is 0.408 e. The van der Waals surface area contributed by atoms with Crippen molar-refractivity contribution in [3.63, 3.8) is 0 Å². The third-order valence-electron chi connectivity index (χ3n) is 4.25. The molecule has 1 unspecified atom stereocenters. The van der Waals surface area contributed by atoms with Gasteiger partial charge in [-0.2, -0.15) is 0 Å². The second-order valence-corrected chi connectivity index (χ2v) is 7.44. The molecule has 1 amide bonds. The minimum absolute atomic E-state index is 0.00543. The van der Waals surface area contributed by atoms with Crippen LogP contribution in [0.25, 0.3) is 11.2 Å². The molecular weight excluding hydrogens is 342 g/mol. The molecule has 2 aromatic heterocycles. The number of aryl methyl sites for hydroxylation is 2. The lowest BCUT2D eigenvalue weighted by Crippen LogP contribution is -2.45. The number of nitrogens with one attached hydrogen (secondary N) is 2. The quantitative estimate of drug-likeness (QED) is 0.800. The molecule has 142 valence electrons. The third-order valence-corrected chi connectivity index (χ3v) is 4.25. The van der Waals surface area contributed by atoms with Gasteiger partial charge in [0, 0.05) is 20.0 Å². The van der Waals surface area contributed by atoms with Crippen LogP contribution in [0, 0.1) is 5.92 Å². The molecule has 2 aromatic rings. The summed E-state index contributed by atoms with van der Waals surface area (Å²) in [6.45, 7) is 6.24. The molecule has 1 fully saturated rings. The lowest BCUT2D eigenvalue weighted by Gasteiger charge is -2.34. The second kappa shape index (κ2) is 6.27. The zero-order valence-corrected chi connectivity index (χ0v) is 15.5. The van der Waals surface area contributed by atoms with Crippen molar-refractivity contribution in [2.45, 2.75) is 32.4 Å². The summed E-state index contributed by atoms with van der Waals surface area (Å²) in [6, 6.07) is -0.509. The van der Waals surface area contributed by atoms with Crippen molar-refractivity contribution >= 4 is 17.3 Å². The van der Waals surface area contributed by atoms with Crippen molar-refractivity contribution in [2.75, 3.05) is 13.2 Å². The average molecular weight is 365 g/mol. The van der Waals surface area contributed by atoms with Crippen LogP contribution >= 0.6 is 0 Å². The van der Waals surface area contributed by atoms with Crippen LogP contribution in [0.3, 0.4) is 0 Å². The normalized spacial score (nSPS) is 16.3. The summed E-state index contributed by atoms with van der Waals surface area (Å²) >= 11 is 0. The van der Waals surface area contributed by atoms with Gasteiger partial charge in [0.15, 0.2) is 11.2 Å². The number of amides is 1. The molecule has 10 heteroatoms. The van der Waals surface area contributed by atoms with Gasteiger partial charge in [-0.15, -0.1) is 0 Å². The number of carbonyl (C=O) groups is 1. The lowest BCUT2D eigenvalue weighted by atomic mass is 9.97. The molecule has 3 rings (SSSR count). The number of carbonyl (C=O) groups excluding carboxylic acids is 1. The first-order chi connectivity index (χ1) is 12.1. The van der Waals surface area contributed by atoms with Crippen molar-refractivity contribution in [1.82, 2.24) is 24.4 Å². The van der Waals surface area contributed by atoms with E-state index < -0.39 is 29.0 Å². The number of aromatic nitrogens is 4. The van der Waals surface area contributed by atoms with Gasteiger partial charge >= 0.3 is 11.8 Å². The number of ether oxygens (including phenoxy) is 2. The highest BCUT2D eigenvalue weighted by molar-refractivity contribution is 5.72. The molecule has 26 heavy (non-hydrogen) atoms. The van der Waals surface area contributed by atoms with E-state index in [1.807, 2.05) is 0 Å². The van der Waals surface area contributed by atoms with E-state index in [9.17, 15) is 14.4 Å². The molecule has 2 N–H and O–H groups in total. The van der Waals surface area contributed by atoms with E-state index in [0.717, 1.165) is 0 Å². The number of H-pyrrole nitrogens is 1. The van der Waals surface area contributed by atoms with Gasteiger partial charge < -0.3 is 19.4 Å². The van der Waals surface area contributed by atoms with Crippen molar-refractivity contribution in [3.05, 3.63) is 26.7 Å². The van der Waals surface area contributed by atoms with E-state index in [-0.39, 0.29) is 17.1 Å². The standard InChI is InChI=1S/C16H23N5O5/c1-16(2,3)26-15(24)17-9(8-6-25-7-8)11-18-12-10(20(11)4)13(22)19-14(23)21(12)5/h8-9H,6-7H2,1-5H3,(H,17,24)(H,19,22,23). The summed E-state index contributed by atoms with van der Waals surface area (Å²) in [5, 5.41) is 2.82. The Morgan fingerprint density at radius 3 is 2.50 bits per heavy atom. The molecular formula is C16H23N5O5. The number of hydrogen-bond acceptors (Lipinski definition) is 6. The number of aromatic amines is 1. The summed E-state index contributed by atoms with van der Waals surface area (Å²) in [4.78, 5) is 43.0.